The monoisotopic (exact) mass is 1040 g/mol. The van der Waals surface area contributed by atoms with E-state index in [1.807, 2.05) is 24.3 Å². The minimum Gasteiger partial charge on any atom is -0.386 e. The molecule has 0 saturated carbocycles. The second kappa shape index (κ2) is 18.0. The fourth-order valence-corrected chi connectivity index (χ4v) is 13.7. The summed E-state index contributed by atoms with van der Waals surface area (Å²) in [6.45, 7) is 25.7. The highest BCUT2D eigenvalue weighted by atomic mass is 16.6. The van der Waals surface area contributed by atoms with Gasteiger partial charge in [-0.15, -0.1) is 6.58 Å². The molecule has 0 bridgehead atoms. The number of unbranched alkanes of at least 4 members (excludes halogenated alkanes) is 3. The van der Waals surface area contributed by atoms with Gasteiger partial charge in [0, 0.05) is 39.2 Å². The van der Waals surface area contributed by atoms with Gasteiger partial charge in [0.05, 0.1) is 33.5 Å². The van der Waals surface area contributed by atoms with Crippen molar-refractivity contribution in [2.24, 2.45) is 5.41 Å². The summed E-state index contributed by atoms with van der Waals surface area (Å²) in [4.78, 5) is 29.2. The second-order valence-corrected chi connectivity index (χ2v) is 25.0. The number of rotatable bonds is 11. The number of hydrogen-bond donors (Lipinski definition) is 0. The lowest BCUT2D eigenvalue weighted by molar-refractivity contribution is 0.0391. The molecular formula is C75H66N2O3. The molecule has 5 heteroatoms. The van der Waals surface area contributed by atoms with E-state index in [2.05, 4.69) is 206 Å². The molecule has 80 heavy (non-hydrogen) atoms. The molecule has 0 fully saturated rings. The molecular weight excluding hydrogens is 977 g/mol. The average Bonchev–Trinajstić information content (AvgIpc) is 3.85. The van der Waals surface area contributed by atoms with Crippen LogP contribution < -0.4 is 4.90 Å². The molecule has 0 unspecified atom stereocenters. The number of carbonyl (C=O) groups is 2. The van der Waals surface area contributed by atoms with Crippen molar-refractivity contribution in [3.05, 3.63) is 191 Å². The van der Waals surface area contributed by atoms with E-state index in [9.17, 15) is 9.59 Å². The number of benzene rings is 12. The van der Waals surface area contributed by atoms with E-state index in [1.165, 1.54) is 110 Å². The van der Waals surface area contributed by atoms with Gasteiger partial charge >= 0.3 is 11.9 Å². The predicted octanol–water partition coefficient (Wildman–Crippen LogP) is 21.0. The van der Waals surface area contributed by atoms with Crippen LogP contribution in [0.2, 0.25) is 0 Å². The van der Waals surface area contributed by atoms with Gasteiger partial charge in [-0.05, 0) is 172 Å². The molecule has 12 aromatic carbocycles. The maximum absolute atomic E-state index is 13.3. The molecule has 0 spiro atoms. The van der Waals surface area contributed by atoms with Crippen molar-refractivity contribution in [1.29, 1.82) is 0 Å². The van der Waals surface area contributed by atoms with Crippen LogP contribution in [-0.2, 0) is 23.1 Å². The molecule has 0 amide bonds. The third kappa shape index (κ3) is 7.35. The molecule has 1 aliphatic heterocycles. The molecule has 0 aliphatic carbocycles. The van der Waals surface area contributed by atoms with E-state index in [1.54, 1.807) is 0 Å². The Morgan fingerprint density at radius 3 is 1.90 bits per heavy atom. The van der Waals surface area contributed by atoms with Crippen molar-refractivity contribution in [3.63, 3.8) is 0 Å². The van der Waals surface area contributed by atoms with Crippen LogP contribution in [0.25, 0.3) is 114 Å². The molecule has 0 radical (unpaired) electrons. The van der Waals surface area contributed by atoms with Gasteiger partial charge in [-0.25, -0.2) is 9.59 Å². The second-order valence-electron chi connectivity index (χ2n) is 25.0. The van der Waals surface area contributed by atoms with Crippen LogP contribution in [0, 0.1) is 12.3 Å². The van der Waals surface area contributed by atoms with E-state index in [-0.39, 0.29) is 10.8 Å². The van der Waals surface area contributed by atoms with Crippen molar-refractivity contribution in [1.82, 2.24) is 4.57 Å². The van der Waals surface area contributed by atoms with Gasteiger partial charge < -0.3 is 14.2 Å². The lowest BCUT2D eigenvalue weighted by Gasteiger charge is -2.30. The summed E-state index contributed by atoms with van der Waals surface area (Å²) in [7, 11) is 0. The molecule has 5 nitrogen and oxygen atoms in total. The number of ether oxygens (including phenoxy) is 1. The Kier molecular flexibility index (Phi) is 11.2. The van der Waals surface area contributed by atoms with Crippen molar-refractivity contribution in [3.8, 4) is 0 Å². The lowest BCUT2D eigenvalue weighted by Crippen LogP contribution is -2.19. The highest BCUT2D eigenvalue weighted by molar-refractivity contribution is 6.41. The summed E-state index contributed by atoms with van der Waals surface area (Å²) in [6.07, 6.45) is 9.67. The largest absolute Gasteiger partial charge is 0.386 e. The predicted molar refractivity (Wildman–Crippen MR) is 341 cm³/mol. The van der Waals surface area contributed by atoms with E-state index in [0.717, 1.165) is 76.2 Å². The lowest BCUT2D eigenvalue weighted by atomic mass is 9.83. The zero-order valence-electron chi connectivity index (χ0n) is 47.5. The summed E-state index contributed by atoms with van der Waals surface area (Å²) < 4.78 is 7.84. The fraction of sp³-hybridized carbons (Fsp3) is 0.227. The Bertz CT molecular complexity index is 4820. The molecule has 14 rings (SSSR count). The summed E-state index contributed by atoms with van der Waals surface area (Å²) >= 11 is 0. The first-order valence-electron chi connectivity index (χ1n) is 28.8. The Morgan fingerprint density at radius 1 is 0.562 bits per heavy atom. The van der Waals surface area contributed by atoms with Crippen LogP contribution in [0.1, 0.15) is 124 Å². The first-order valence-corrected chi connectivity index (χ1v) is 28.8. The van der Waals surface area contributed by atoms with Gasteiger partial charge in [0.15, 0.2) is 0 Å². The van der Waals surface area contributed by atoms with Crippen LogP contribution >= 0.6 is 0 Å². The van der Waals surface area contributed by atoms with Crippen LogP contribution in [0.15, 0.2) is 158 Å². The molecule has 2 heterocycles. The number of hydrogen-bond acceptors (Lipinski definition) is 4. The SMILES string of the molecule is C=CCc1ccc(N(c2ccc3c4c5cccc6c7ccc8c9c(ccc(c(cc4n(CCCCCC)c3c2)c65)c97)C(=O)OC8=O)c2ccc3ccc4cc(C(C)(C)C)cc5ccc2c3c45)c2ccc(/C=C(\C)C(C)(C)C)c(C)c12. The smallest absolute Gasteiger partial charge is 0.346 e. The topological polar surface area (TPSA) is 51.5 Å². The number of esters is 2. The summed E-state index contributed by atoms with van der Waals surface area (Å²) in [5.41, 5.74) is 13.1. The highest BCUT2D eigenvalue weighted by Crippen LogP contribution is 2.51. The number of anilines is 3. The number of cyclic esters (lactones) is 2. The number of aromatic nitrogens is 1. The normalized spacial score (nSPS) is 13.6. The first-order chi connectivity index (χ1) is 38.5. The van der Waals surface area contributed by atoms with Crippen molar-refractivity contribution in [2.45, 2.75) is 106 Å². The quantitative estimate of drug-likeness (QED) is 0.0323. The first kappa shape index (κ1) is 49.7. The van der Waals surface area contributed by atoms with Gasteiger partial charge in [-0.1, -0.05) is 183 Å². The summed E-state index contributed by atoms with van der Waals surface area (Å²) in [5.74, 6) is -1.19. The van der Waals surface area contributed by atoms with Crippen LogP contribution in [-0.4, -0.2) is 16.5 Å². The Morgan fingerprint density at radius 2 is 1.19 bits per heavy atom. The van der Waals surface area contributed by atoms with Gasteiger partial charge in [0.1, 0.15) is 0 Å². The van der Waals surface area contributed by atoms with Crippen LogP contribution in [0.4, 0.5) is 17.1 Å². The van der Waals surface area contributed by atoms with E-state index in [0.29, 0.717) is 16.5 Å². The Hall–Kier alpha value is -8.54. The summed E-state index contributed by atoms with van der Waals surface area (Å²) in [6, 6.07) is 52.3. The Labute approximate surface area is 467 Å². The van der Waals surface area contributed by atoms with Crippen molar-refractivity contribution < 1.29 is 14.3 Å². The van der Waals surface area contributed by atoms with Crippen molar-refractivity contribution in [2.75, 3.05) is 4.90 Å². The third-order valence-electron chi connectivity index (χ3n) is 18.2. The van der Waals surface area contributed by atoms with Gasteiger partial charge in [-0.2, -0.15) is 0 Å². The van der Waals surface area contributed by atoms with Crippen LogP contribution in [0.5, 0.6) is 0 Å². The van der Waals surface area contributed by atoms with Gasteiger partial charge in [0.2, 0.25) is 0 Å². The molecule has 0 saturated heterocycles. The maximum Gasteiger partial charge on any atom is 0.346 e. The molecule has 1 aromatic heterocycles. The van der Waals surface area contributed by atoms with E-state index < -0.39 is 11.9 Å². The number of fused-ring (bicyclic) bond motifs is 7. The molecule has 13 aromatic rings. The Balaban J connectivity index is 1.08. The minimum atomic E-state index is -0.594. The zero-order chi connectivity index (χ0) is 55.3. The molecule has 0 atom stereocenters. The highest BCUT2D eigenvalue weighted by Gasteiger charge is 2.31. The van der Waals surface area contributed by atoms with Crippen LogP contribution in [0.3, 0.4) is 0 Å². The van der Waals surface area contributed by atoms with Crippen molar-refractivity contribution >= 4 is 143 Å². The third-order valence-corrected chi connectivity index (χ3v) is 18.2. The number of allylic oxidation sites excluding steroid dienone is 2. The van der Waals surface area contributed by atoms with Gasteiger partial charge in [0.25, 0.3) is 0 Å². The maximum atomic E-state index is 13.3. The molecule has 0 N–H and O–H groups in total. The average molecular weight is 1040 g/mol. The zero-order valence-corrected chi connectivity index (χ0v) is 47.5. The molecule has 1 aliphatic rings. The van der Waals surface area contributed by atoms with E-state index in [4.69, 9.17) is 4.74 Å². The minimum absolute atomic E-state index is 0.00602. The summed E-state index contributed by atoms with van der Waals surface area (Å²) in [5, 5.41) is 20.7. The van der Waals surface area contributed by atoms with E-state index >= 15 is 0 Å². The number of aryl methyl sites for hydroxylation is 2. The number of nitrogens with zero attached hydrogens (tertiary/aromatic N) is 2. The number of carbonyl (C=O) groups excluding carboxylic acids is 2. The molecule has 394 valence electrons. The fourth-order valence-electron chi connectivity index (χ4n) is 13.7. The van der Waals surface area contributed by atoms with Gasteiger partial charge in [-0.3, -0.25) is 0 Å². The standard InChI is InChI=1S/C75H66N2O3/c1-11-13-14-15-36-76-63-40-50(26-29-56(63)69-57-19-16-18-51-52-30-32-58-71-59(73(79)80-72(58)78)33-31-53(70(52)71)60(68(51)57)41-64(69)76)77(61-34-24-44(17-12-2)65-43(4)46(22-27-54(61)65)37-42(3)74(5,6)7)62-35-25-45-20-21-47-38-49(75(8,9)10)39-48-23-28-55(62)67(45)66(47)48/h12,16,18-35,37-41H,2,11,13-15,17,36H2,1,3-10H3/b42-37+.